The van der Waals surface area contributed by atoms with Gasteiger partial charge in [0.15, 0.2) is 0 Å². The Balaban J connectivity index is 0.843. The summed E-state index contributed by atoms with van der Waals surface area (Å²) in [6.45, 7) is 5.74. The molecule has 4 saturated heterocycles. The van der Waals surface area contributed by atoms with E-state index in [-0.39, 0.29) is 105 Å². The Bertz CT molecular complexity index is 2960. The molecule has 9 amide bonds. The van der Waals surface area contributed by atoms with Gasteiger partial charge in [-0.05, 0) is 126 Å². The normalized spacial score (nSPS) is 22.2. The first-order valence-electron chi connectivity index (χ1n) is 31.5. The van der Waals surface area contributed by atoms with Crippen LogP contribution in [0.2, 0.25) is 0 Å². The van der Waals surface area contributed by atoms with E-state index >= 15 is 0 Å². The molecule has 0 spiro atoms. The molecule has 7 rings (SSSR count). The summed E-state index contributed by atoms with van der Waals surface area (Å²) in [4.78, 5) is 127. The SMILES string of the molecule is CC[C@H](NC)C(=O)N[C@@H]1C(=O)N2[C@@H](CC[C@@H]1CNC(=O)CCC#CC#CCCC(=O)NCCNC(=O)[C@@H](NC(=O)[C@@H]1CC[C@@H]3CC[C@H](CCNCc4ccccc4)[C@H](NC(=O)[C@H](CC)NC)C(=O)N31)c1ccccc1)CC[C@H]2C(=O)NCc1ccccc1. The summed E-state index contributed by atoms with van der Waals surface area (Å²) >= 11 is 0. The zero-order valence-corrected chi connectivity index (χ0v) is 51.4. The average Bonchev–Trinajstić information content (AvgIpc) is 2.23. The summed E-state index contributed by atoms with van der Waals surface area (Å²) in [5, 5.41) is 30.1. The minimum absolute atomic E-state index is 0.0699. The second-order valence-corrected chi connectivity index (χ2v) is 23.2. The number of benzene rings is 3. The molecule has 0 aromatic heterocycles. The molecular formula is C67H90N12O9. The van der Waals surface area contributed by atoms with Crippen molar-refractivity contribution in [2.45, 2.75) is 178 Å². The molecule has 4 aliphatic heterocycles. The lowest BCUT2D eigenvalue weighted by atomic mass is 9.90. The van der Waals surface area contributed by atoms with Crippen LogP contribution in [0, 0.1) is 35.5 Å². The van der Waals surface area contributed by atoms with Crippen LogP contribution in [-0.2, 0) is 56.2 Å². The van der Waals surface area contributed by atoms with Crippen LogP contribution < -0.4 is 53.2 Å². The van der Waals surface area contributed by atoms with Crippen molar-refractivity contribution in [3.63, 3.8) is 0 Å². The number of carbonyl (C=O) groups excluding carboxylic acids is 9. The van der Waals surface area contributed by atoms with Crippen LogP contribution in [0.5, 0.6) is 0 Å². The van der Waals surface area contributed by atoms with Gasteiger partial charge in [-0.1, -0.05) is 117 Å². The van der Waals surface area contributed by atoms with E-state index < -0.39 is 60.0 Å². The van der Waals surface area contributed by atoms with Crippen LogP contribution in [0.15, 0.2) is 91.0 Å². The highest BCUT2D eigenvalue weighted by molar-refractivity contribution is 5.97. The number of nitrogens with zero attached hydrogens (tertiary/aromatic N) is 2. The number of fused-ring (bicyclic) bond motifs is 2. The van der Waals surface area contributed by atoms with Gasteiger partial charge in [-0.3, -0.25) is 43.2 Å². The molecule has 0 saturated carbocycles. The largest absolute Gasteiger partial charge is 0.356 e. The molecule has 0 radical (unpaired) electrons. The Hall–Kier alpha value is -8.11. The summed E-state index contributed by atoms with van der Waals surface area (Å²) in [5.74, 6) is 7.66. The Labute approximate surface area is 518 Å². The van der Waals surface area contributed by atoms with E-state index in [0.29, 0.717) is 95.8 Å². The maximum Gasteiger partial charge on any atom is 0.247 e. The molecule has 472 valence electrons. The molecular weight excluding hydrogens is 1120 g/mol. The van der Waals surface area contributed by atoms with Crippen LogP contribution in [0.25, 0.3) is 0 Å². The van der Waals surface area contributed by atoms with Crippen molar-refractivity contribution in [3.05, 3.63) is 108 Å². The number of likely N-dealkylation sites (N-methyl/N-ethyl adjacent to an activating group) is 2. The van der Waals surface area contributed by atoms with E-state index in [4.69, 9.17) is 0 Å². The van der Waals surface area contributed by atoms with Crippen molar-refractivity contribution in [1.82, 2.24) is 63.0 Å². The summed E-state index contributed by atoms with van der Waals surface area (Å²) in [7, 11) is 3.40. The number of hydrogen-bond acceptors (Lipinski definition) is 12. The molecule has 0 bridgehead atoms. The zero-order valence-electron chi connectivity index (χ0n) is 51.4. The maximum absolute atomic E-state index is 14.7. The number of carbonyl (C=O) groups is 9. The van der Waals surface area contributed by atoms with Crippen molar-refractivity contribution < 1.29 is 43.2 Å². The van der Waals surface area contributed by atoms with Crippen LogP contribution >= 0.6 is 0 Å². The highest BCUT2D eigenvalue weighted by Gasteiger charge is 2.50. The minimum atomic E-state index is -1.10. The van der Waals surface area contributed by atoms with Crippen molar-refractivity contribution in [3.8, 4) is 23.7 Å². The minimum Gasteiger partial charge on any atom is -0.356 e. The van der Waals surface area contributed by atoms with Crippen LogP contribution in [0.3, 0.4) is 0 Å². The van der Waals surface area contributed by atoms with Gasteiger partial charge in [0.2, 0.25) is 53.2 Å². The molecule has 0 aliphatic carbocycles. The predicted octanol–water partition coefficient (Wildman–Crippen LogP) is 2.76. The lowest BCUT2D eigenvalue weighted by Gasteiger charge is -2.33. The smallest absolute Gasteiger partial charge is 0.247 e. The van der Waals surface area contributed by atoms with Crippen LogP contribution in [-0.4, -0.2) is 152 Å². The van der Waals surface area contributed by atoms with Gasteiger partial charge in [-0.2, -0.15) is 0 Å². The summed E-state index contributed by atoms with van der Waals surface area (Å²) in [6.07, 6.45) is 7.01. The Morgan fingerprint density at radius 3 is 1.55 bits per heavy atom. The maximum atomic E-state index is 14.7. The van der Waals surface area contributed by atoms with Crippen molar-refractivity contribution in [1.29, 1.82) is 0 Å². The molecule has 21 nitrogen and oxygen atoms in total. The fourth-order valence-corrected chi connectivity index (χ4v) is 12.5. The Kier molecular flexibility index (Phi) is 26.8. The number of nitrogens with one attached hydrogen (secondary N) is 10. The van der Waals surface area contributed by atoms with E-state index in [2.05, 4.69) is 76.8 Å². The van der Waals surface area contributed by atoms with Crippen molar-refractivity contribution in [2.24, 2.45) is 11.8 Å². The number of hydrogen-bond donors (Lipinski definition) is 10. The molecule has 0 unspecified atom stereocenters. The van der Waals surface area contributed by atoms with E-state index in [1.165, 1.54) is 0 Å². The van der Waals surface area contributed by atoms with Gasteiger partial charge in [0.05, 0.1) is 12.1 Å². The van der Waals surface area contributed by atoms with Crippen LogP contribution in [0.1, 0.15) is 133 Å². The van der Waals surface area contributed by atoms with Gasteiger partial charge in [0, 0.05) is 76.4 Å². The van der Waals surface area contributed by atoms with Gasteiger partial charge >= 0.3 is 0 Å². The summed E-state index contributed by atoms with van der Waals surface area (Å²) in [6, 6.07) is 22.6. The third-order valence-corrected chi connectivity index (χ3v) is 17.4. The second-order valence-electron chi connectivity index (χ2n) is 23.2. The molecule has 11 atom stereocenters. The molecule has 88 heavy (non-hydrogen) atoms. The highest BCUT2D eigenvalue weighted by atomic mass is 16.2. The third-order valence-electron chi connectivity index (χ3n) is 17.4. The van der Waals surface area contributed by atoms with Crippen molar-refractivity contribution in [2.75, 3.05) is 40.3 Å². The quantitative estimate of drug-likeness (QED) is 0.0355. The van der Waals surface area contributed by atoms with Gasteiger partial charge < -0.3 is 63.0 Å². The topological polar surface area (TPSA) is 280 Å². The molecule has 4 aliphatic rings. The monoisotopic (exact) mass is 1210 g/mol. The fraction of sp³-hybridized carbons (Fsp3) is 0.537. The fourth-order valence-electron chi connectivity index (χ4n) is 12.5. The van der Waals surface area contributed by atoms with E-state index in [9.17, 15) is 43.2 Å². The first-order valence-corrected chi connectivity index (χ1v) is 31.5. The third kappa shape index (κ3) is 19.2. The van der Waals surface area contributed by atoms with E-state index in [1.807, 2.05) is 74.5 Å². The van der Waals surface area contributed by atoms with Gasteiger partial charge in [0.25, 0.3) is 0 Å². The molecule has 3 aromatic carbocycles. The van der Waals surface area contributed by atoms with Gasteiger partial charge in [0.1, 0.15) is 30.2 Å². The Morgan fingerprint density at radius 2 is 1.00 bits per heavy atom. The van der Waals surface area contributed by atoms with Gasteiger partial charge in [-0.25, -0.2) is 0 Å². The number of rotatable bonds is 29. The predicted molar refractivity (Wildman–Crippen MR) is 334 cm³/mol. The molecule has 3 aromatic rings. The van der Waals surface area contributed by atoms with Crippen molar-refractivity contribution >= 4 is 53.2 Å². The molecule has 10 N–H and O–H groups in total. The Morgan fingerprint density at radius 1 is 0.523 bits per heavy atom. The average molecular weight is 1210 g/mol. The second kappa shape index (κ2) is 35.0. The first kappa shape index (κ1) is 67.4. The molecule has 21 heteroatoms. The first-order chi connectivity index (χ1) is 42.7. The van der Waals surface area contributed by atoms with E-state index in [0.717, 1.165) is 11.1 Å². The molecule has 4 fully saturated rings. The lowest BCUT2D eigenvalue weighted by molar-refractivity contribution is -0.144. The summed E-state index contributed by atoms with van der Waals surface area (Å²) in [5.41, 5.74) is 2.63. The van der Waals surface area contributed by atoms with Gasteiger partial charge in [-0.15, -0.1) is 0 Å². The van der Waals surface area contributed by atoms with E-state index in [1.54, 1.807) is 54.2 Å². The number of amides is 9. The zero-order chi connectivity index (χ0) is 62.8. The van der Waals surface area contributed by atoms with Crippen LogP contribution in [0.4, 0.5) is 0 Å². The highest BCUT2D eigenvalue weighted by Crippen LogP contribution is 2.37. The molecule has 4 heterocycles. The lowest BCUT2D eigenvalue weighted by Crippen LogP contribution is -2.59. The standard InChI is InChI=1S/C67H90N12O9/c1-5-52(68-3)61(82)76-59-48(38-39-70-42-45-22-14-11-15-23-45)30-32-50-35-37-55(79(50)66(59)87)64(85)75-58(47-26-18-13-19-27-47)65(86)72-41-40-71-56(80)28-20-9-7-8-10-21-29-57(81)73-44-49-31-33-51-34-36-54(63(84)74-43-46-24-16-12-17-25-46)78(51)67(88)60(49)77-62(83)53(6-2)69-4/h11-19,22-27,48-55,58-60,68-70H,5-6,20-21,28-44H2,1-4H3,(H,71,80)(H,72,86)(H,73,81)(H,74,84)(H,75,85)(H,76,82)(H,77,83)/t48-,49-,50+,51+,52+,53+,54+,55+,58+,59+,60+/m1/s1. The summed E-state index contributed by atoms with van der Waals surface area (Å²) < 4.78 is 0.